The number of carbonyl (C=O) groups is 2. The first-order valence-corrected chi connectivity index (χ1v) is 10.9. The molecule has 11 heteroatoms. The highest BCUT2D eigenvalue weighted by Gasteiger charge is 2.40. The molecule has 0 bridgehead atoms. The molecule has 2 aromatic heterocycles. The molecule has 3 aromatic rings. The number of aromatic amines is 1. The second-order valence-corrected chi connectivity index (χ2v) is 9.45. The largest absolute Gasteiger partial charge is 0.455 e. The van der Waals surface area contributed by atoms with E-state index in [0.29, 0.717) is 34.9 Å². The number of ketones is 1. The number of nitrogens with zero attached hydrogens (tertiary/aromatic N) is 2. The van der Waals surface area contributed by atoms with Crippen LogP contribution in [0.15, 0.2) is 36.4 Å². The van der Waals surface area contributed by atoms with E-state index in [2.05, 4.69) is 15.2 Å². The van der Waals surface area contributed by atoms with Crippen LogP contribution >= 0.6 is 11.3 Å². The topological polar surface area (TPSA) is 102 Å². The molecule has 1 unspecified atom stereocenters. The SMILES string of the molecule is CC(C)(CC(CCC(N)=O)c1ccc(C(=O)C(F)(F)F)s1)c1nc(-c2ccc(F)cc2)n[nH]1. The minimum absolute atomic E-state index is 0.0401. The van der Waals surface area contributed by atoms with E-state index in [9.17, 15) is 27.2 Å². The number of thiophene rings is 1. The summed E-state index contributed by atoms with van der Waals surface area (Å²) in [6.07, 6.45) is -4.21. The second kappa shape index (κ2) is 9.42. The number of alkyl halides is 3. The lowest BCUT2D eigenvalue weighted by atomic mass is 9.79. The number of aromatic nitrogens is 3. The Labute approximate surface area is 191 Å². The maximum absolute atomic E-state index is 13.2. The van der Waals surface area contributed by atoms with E-state index >= 15 is 0 Å². The molecular formula is C22H22F4N4O2S. The van der Waals surface area contributed by atoms with Gasteiger partial charge in [0.25, 0.3) is 5.78 Å². The Morgan fingerprint density at radius 2 is 1.79 bits per heavy atom. The Morgan fingerprint density at radius 1 is 1.12 bits per heavy atom. The lowest BCUT2D eigenvalue weighted by Crippen LogP contribution is -2.23. The minimum Gasteiger partial charge on any atom is -0.370 e. The van der Waals surface area contributed by atoms with E-state index in [-0.39, 0.29) is 18.2 Å². The van der Waals surface area contributed by atoms with E-state index in [1.165, 1.54) is 18.2 Å². The Kier molecular flexibility index (Phi) is 7.01. The van der Waals surface area contributed by atoms with Crippen molar-refractivity contribution in [2.45, 2.75) is 50.6 Å². The summed E-state index contributed by atoms with van der Waals surface area (Å²) in [5.41, 5.74) is 5.29. The molecule has 3 N–H and O–H groups in total. The number of carbonyl (C=O) groups excluding carboxylic acids is 2. The van der Waals surface area contributed by atoms with Crippen molar-refractivity contribution in [2.24, 2.45) is 5.73 Å². The quantitative estimate of drug-likeness (QED) is 0.326. The minimum atomic E-state index is -4.96. The summed E-state index contributed by atoms with van der Waals surface area (Å²) < 4.78 is 51.6. The van der Waals surface area contributed by atoms with Crippen molar-refractivity contribution in [3.05, 3.63) is 57.8 Å². The molecule has 1 amide bonds. The normalized spacial score (nSPS) is 13.2. The fraction of sp³-hybridized carbons (Fsp3) is 0.364. The summed E-state index contributed by atoms with van der Waals surface area (Å²) in [6.45, 7) is 3.77. The zero-order chi connectivity index (χ0) is 24.4. The molecule has 0 aliphatic carbocycles. The van der Waals surface area contributed by atoms with Gasteiger partial charge in [-0.25, -0.2) is 9.37 Å². The number of benzene rings is 1. The van der Waals surface area contributed by atoms with Crippen LogP contribution in [0.1, 0.15) is 59.4 Å². The van der Waals surface area contributed by atoms with Crippen molar-refractivity contribution >= 4 is 23.0 Å². The Hall–Kier alpha value is -3.08. The van der Waals surface area contributed by atoms with Gasteiger partial charge in [-0.1, -0.05) is 13.8 Å². The average Bonchev–Trinajstić information content (AvgIpc) is 3.40. The number of hydrogen-bond acceptors (Lipinski definition) is 5. The number of amides is 1. The highest BCUT2D eigenvalue weighted by molar-refractivity contribution is 7.14. The smallest absolute Gasteiger partial charge is 0.370 e. The van der Waals surface area contributed by atoms with Crippen LogP contribution in [-0.2, 0) is 10.2 Å². The number of Topliss-reactive ketones (excluding diaryl/α,β-unsaturated/α-hetero) is 1. The number of nitrogens with one attached hydrogen (secondary N) is 1. The molecular weight excluding hydrogens is 460 g/mol. The van der Waals surface area contributed by atoms with Gasteiger partial charge < -0.3 is 5.73 Å². The van der Waals surface area contributed by atoms with Gasteiger partial charge in [0.1, 0.15) is 11.6 Å². The van der Waals surface area contributed by atoms with Gasteiger partial charge in [0.05, 0.1) is 4.88 Å². The molecule has 0 saturated carbocycles. The molecule has 0 aliphatic heterocycles. The first kappa shape index (κ1) is 24.6. The summed E-state index contributed by atoms with van der Waals surface area (Å²) in [4.78, 5) is 27.6. The number of rotatable bonds is 9. The number of H-pyrrole nitrogens is 1. The number of nitrogens with two attached hydrogens (primary N) is 1. The van der Waals surface area contributed by atoms with Crippen LogP contribution in [-0.4, -0.2) is 33.0 Å². The average molecular weight is 483 g/mol. The van der Waals surface area contributed by atoms with Gasteiger partial charge >= 0.3 is 6.18 Å². The van der Waals surface area contributed by atoms with E-state index < -0.39 is 28.2 Å². The van der Waals surface area contributed by atoms with E-state index in [4.69, 9.17) is 5.73 Å². The van der Waals surface area contributed by atoms with Crippen LogP contribution in [0.25, 0.3) is 11.4 Å². The van der Waals surface area contributed by atoms with Gasteiger partial charge in [0.2, 0.25) is 5.91 Å². The first-order valence-electron chi connectivity index (χ1n) is 10.0. The highest BCUT2D eigenvalue weighted by Crippen LogP contribution is 2.40. The van der Waals surface area contributed by atoms with E-state index in [0.717, 1.165) is 17.4 Å². The Balaban J connectivity index is 1.85. The van der Waals surface area contributed by atoms with Crippen molar-refractivity contribution in [1.82, 2.24) is 15.2 Å². The molecule has 33 heavy (non-hydrogen) atoms. The van der Waals surface area contributed by atoms with Crippen LogP contribution in [0.5, 0.6) is 0 Å². The van der Waals surface area contributed by atoms with Gasteiger partial charge in [-0.2, -0.15) is 18.3 Å². The number of hydrogen-bond donors (Lipinski definition) is 2. The van der Waals surface area contributed by atoms with Crippen LogP contribution in [0, 0.1) is 5.82 Å². The molecule has 176 valence electrons. The summed E-state index contributed by atoms with van der Waals surface area (Å²) in [7, 11) is 0. The Bertz CT molecular complexity index is 1140. The van der Waals surface area contributed by atoms with E-state index in [1.807, 2.05) is 13.8 Å². The molecule has 2 heterocycles. The third-order valence-electron chi connectivity index (χ3n) is 5.24. The van der Waals surface area contributed by atoms with Gasteiger partial charge in [-0.15, -0.1) is 11.3 Å². The first-order chi connectivity index (χ1) is 15.4. The van der Waals surface area contributed by atoms with Crippen LogP contribution < -0.4 is 5.73 Å². The van der Waals surface area contributed by atoms with Crippen LogP contribution in [0.2, 0.25) is 0 Å². The van der Waals surface area contributed by atoms with Gasteiger partial charge in [-0.3, -0.25) is 14.7 Å². The number of halogens is 4. The molecule has 0 spiro atoms. The number of primary amides is 1. The van der Waals surface area contributed by atoms with Gasteiger partial charge in [0.15, 0.2) is 5.82 Å². The maximum atomic E-state index is 13.2. The van der Waals surface area contributed by atoms with Gasteiger partial charge in [0, 0.05) is 22.3 Å². The lowest BCUT2D eigenvalue weighted by Gasteiger charge is -2.27. The predicted octanol–water partition coefficient (Wildman–Crippen LogP) is 5.13. The summed E-state index contributed by atoms with van der Waals surface area (Å²) in [5.74, 6) is -2.25. The second-order valence-electron chi connectivity index (χ2n) is 8.33. The zero-order valence-electron chi connectivity index (χ0n) is 17.9. The van der Waals surface area contributed by atoms with Crippen molar-refractivity contribution < 1.29 is 27.2 Å². The molecule has 1 aromatic carbocycles. The molecule has 0 radical (unpaired) electrons. The van der Waals surface area contributed by atoms with Crippen molar-refractivity contribution in [3.8, 4) is 11.4 Å². The molecule has 0 fully saturated rings. The summed E-state index contributed by atoms with van der Waals surface area (Å²) in [5, 5.41) is 7.07. The molecule has 6 nitrogen and oxygen atoms in total. The maximum Gasteiger partial charge on any atom is 0.455 e. The van der Waals surface area contributed by atoms with Crippen molar-refractivity contribution in [3.63, 3.8) is 0 Å². The molecule has 3 rings (SSSR count). The van der Waals surface area contributed by atoms with Gasteiger partial charge in [-0.05, 0) is 55.2 Å². The lowest BCUT2D eigenvalue weighted by molar-refractivity contribution is -0.118. The molecule has 0 aliphatic rings. The van der Waals surface area contributed by atoms with E-state index in [1.54, 1.807) is 12.1 Å². The summed E-state index contributed by atoms with van der Waals surface area (Å²) in [6, 6.07) is 8.34. The fourth-order valence-electron chi connectivity index (χ4n) is 3.50. The third-order valence-corrected chi connectivity index (χ3v) is 6.48. The van der Waals surface area contributed by atoms with Crippen LogP contribution in [0.4, 0.5) is 17.6 Å². The van der Waals surface area contributed by atoms with Crippen LogP contribution in [0.3, 0.4) is 0 Å². The van der Waals surface area contributed by atoms with Crippen molar-refractivity contribution in [1.29, 1.82) is 0 Å². The highest BCUT2D eigenvalue weighted by atomic mass is 32.1. The zero-order valence-corrected chi connectivity index (χ0v) is 18.7. The predicted molar refractivity (Wildman–Crippen MR) is 115 cm³/mol. The molecule has 1 atom stereocenters. The fourth-order valence-corrected chi connectivity index (χ4v) is 4.60. The summed E-state index contributed by atoms with van der Waals surface area (Å²) >= 11 is 0.764. The molecule has 0 saturated heterocycles. The monoisotopic (exact) mass is 482 g/mol. The Morgan fingerprint density at radius 3 is 2.39 bits per heavy atom. The standard InChI is InChI=1S/C22H22F4N4O2S/c1-21(2,20-28-19(29-30-20)12-3-6-14(23)7-4-12)11-13(5-10-17(27)31)15-8-9-16(33-15)18(32)22(24,25)26/h3-4,6-9,13H,5,10-11H2,1-2H3,(H2,27,31)(H,28,29,30). The third kappa shape index (κ3) is 6.04. The van der Waals surface area contributed by atoms with Crippen molar-refractivity contribution in [2.75, 3.05) is 0 Å².